The van der Waals surface area contributed by atoms with Crippen molar-refractivity contribution in [1.82, 2.24) is 14.8 Å². The van der Waals surface area contributed by atoms with Gasteiger partial charge in [0.1, 0.15) is 12.7 Å². The molecule has 0 unspecified atom stereocenters. The van der Waals surface area contributed by atoms with Crippen LogP contribution in [0.5, 0.6) is 0 Å². The van der Waals surface area contributed by atoms with Crippen LogP contribution in [0.4, 0.5) is 5.69 Å². The molecule has 2 aromatic rings. The predicted octanol–water partition coefficient (Wildman–Crippen LogP) is 1.58. The quantitative estimate of drug-likeness (QED) is 0.889. The molecule has 106 valence electrons. The Hall–Kier alpha value is -2.21. The third kappa shape index (κ3) is 3.21. The predicted molar refractivity (Wildman–Crippen MR) is 77.4 cm³/mol. The third-order valence-electron chi connectivity index (χ3n) is 3.03. The Morgan fingerprint density at radius 3 is 2.45 bits per heavy atom. The fraction of sp³-hybridized carbons (Fsp3) is 0.357. The van der Waals surface area contributed by atoms with Crippen molar-refractivity contribution in [3.63, 3.8) is 0 Å². The maximum atomic E-state index is 12.0. The number of nitrogens with one attached hydrogen (secondary N) is 1. The van der Waals surface area contributed by atoms with E-state index in [0.29, 0.717) is 5.69 Å². The number of hydrogen-bond donors (Lipinski definition) is 2. The molecule has 0 saturated carbocycles. The summed E-state index contributed by atoms with van der Waals surface area (Å²) in [6.07, 6.45) is 3.08. The highest BCUT2D eigenvalue weighted by atomic mass is 16.2. The van der Waals surface area contributed by atoms with E-state index in [1.165, 1.54) is 6.33 Å². The Kier molecular flexibility index (Phi) is 3.85. The zero-order valence-electron chi connectivity index (χ0n) is 11.9. The molecule has 0 aliphatic heterocycles. The maximum absolute atomic E-state index is 12.0. The van der Waals surface area contributed by atoms with Crippen molar-refractivity contribution in [1.29, 1.82) is 0 Å². The number of nitrogens with zero attached hydrogens (tertiary/aromatic N) is 3. The molecule has 6 nitrogen and oxygen atoms in total. The first kappa shape index (κ1) is 14.2. The standard InChI is InChI=1S/C14H19N5O/c1-14(2,3)12(15)13(20)18-10-4-6-11(7-5-10)19-9-16-8-17-19/h4-9,12H,15H2,1-3H3,(H,18,20)/t12-/m0/s1. The third-order valence-corrected chi connectivity index (χ3v) is 3.03. The number of nitrogens with two attached hydrogens (primary N) is 1. The minimum absolute atomic E-state index is 0.189. The summed E-state index contributed by atoms with van der Waals surface area (Å²) in [7, 11) is 0. The first-order valence-corrected chi connectivity index (χ1v) is 6.39. The highest BCUT2D eigenvalue weighted by Gasteiger charge is 2.27. The zero-order valence-corrected chi connectivity index (χ0v) is 11.9. The summed E-state index contributed by atoms with van der Waals surface area (Å²) < 4.78 is 1.65. The van der Waals surface area contributed by atoms with Gasteiger partial charge in [0.15, 0.2) is 0 Å². The van der Waals surface area contributed by atoms with Crippen LogP contribution in [-0.4, -0.2) is 26.7 Å². The van der Waals surface area contributed by atoms with E-state index >= 15 is 0 Å². The van der Waals surface area contributed by atoms with Crippen molar-refractivity contribution in [2.45, 2.75) is 26.8 Å². The van der Waals surface area contributed by atoms with E-state index in [-0.39, 0.29) is 11.3 Å². The Bertz CT molecular complexity index is 569. The molecule has 0 aliphatic carbocycles. The van der Waals surface area contributed by atoms with Gasteiger partial charge < -0.3 is 11.1 Å². The normalized spacial score (nSPS) is 13.0. The average molecular weight is 273 g/mol. The van der Waals surface area contributed by atoms with E-state index in [1.807, 2.05) is 45.0 Å². The molecule has 0 saturated heterocycles. The zero-order chi connectivity index (χ0) is 14.8. The summed E-state index contributed by atoms with van der Waals surface area (Å²) in [4.78, 5) is 15.9. The van der Waals surface area contributed by atoms with E-state index in [0.717, 1.165) is 5.69 Å². The molecule has 3 N–H and O–H groups in total. The first-order valence-electron chi connectivity index (χ1n) is 6.39. The summed E-state index contributed by atoms with van der Waals surface area (Å²) in [5.74, 6) is -0.189. The molecule has 0 fully saturated rings. The van der Waals surface area contributed by atoms with Crippen LogP contribution >= 0.6 is 0 Å². The van der Waals surface area contributed by atoms with Crippen molar-refractivity contribution >= 4 is 11.6 Å². The van der Waals surface area contributed by atoms with Crippen LogP contribution in [0.25, 0.3) is 5.69 Å². The van der Waals surface area contributed by atoms with Gasteiger partial charge in [-0.2, -0.15) is 5.10 Å². The molecule has 1 aromatic carbocycles. The number of rotatable bonds is 3. The van der Waals surface area contributed by atoms with Crippen molar-refractivity contribution in [2.75, 3.05) is 5.32 Å². The van der Waals surface area contributed by atoms with Crippen LogP contribution in [0.15, 0.2) is 36.9 Å². The van der Waals surface area contributed by atoms with Gasteiger partial charge in [-0.05, 0) is 29.7 Å². The van der Waals surface area contributed by atoms with E-state index < -0.39 is 6.04 Å². The van der Waals surface area contributed by atoms with Gasteiger partial charge in [-0.15, -0.1) is 0 Å². The second kappa shape index (κ2) is 5.42. The second-order valence-corrected chi connectivity index (χ2v) is 5.72. The highest BCUT2D eigenvalue weighted by molar-refractivity contribution is 5.95. The molecule has 1 aromatic heterocycles. The van der Waals surface area contributed by atoms with Gasteiger partial charge in [0.05, 0.1) is 11.7 Å². The summed E-state index contributed by atoms with van der Waals surface area (Å²) in [5, 5.41) is 6.85. The van der Waals surface area contributed by atoms with Crippen molar-refractivity contribution in [3.05, 3.63) is 36.9 Å². The van der Waals surface area contributed by atoms with Gasteiger partial charge in [-0.25, -0.2) is 9.67 Å². The molecule has 0 radical (unpaired) electrons. The fourth-order valence-corrected chi connectivity index (χ4v) is 1.65. The van der Waals surface area contributed by atoms with E-state index in [9.17, 15) is 4.79 Å². The maximum Gasteiger partial charge on any atom is 0.241 e. The monoisotopic (exact) mass is 273 g/mol. The largest absolute Gasteiger partial charge is 0.325 e. The molecule has 1 amide bonds. The number of carbonyl (C=O) groups is 1. The summed E-state index contributed by atoms with van der Waals surface area (Å²) in [6, 6.07) is 6.77. The van der Waals surface area contributed by atoms with Crippen molar-refractivity contribution in [2.24, 2.45) is 11.1 Å². The number of carbonyl (C=O) groups excluding carboxylic acids is 1. The van der Waals surface area contributed by atoms with E-state index in [1.54, 1.807) is 11.0 Å². The molecule has 1 atom stereocenters. The number of aromatic nitrogens is 3. The minimum Gasteiger partial charge on any atom is -0.325 e. The lowest BCUT2D eigenvalue weighted by molar-refractivity contribution is -0.119. The summed E-state index contributed by atoms with van der Waals surface area (Å²) in [6.45, 7) is 5.81. The van der Waals surface area contributed by atoms with Crippen molar-refractivity contribution < 1.29 is 4.79 Å². The Balaban J connectivity index is 2.06. The Morgan fingerprint density at radius 1 is 1.30 bits per heavy atom. The summed E-state index contributed by atoms with van der Waals surface area (Å²) in [5.41, 5.74) is 7.22. The lowest BCUT2D eigenvalue weighted by Gasteiger charge is -2.25. The number of amides is 1. The van der Waals surface area contributed by atoms with Crippen LogP contribution in [0.2, 0.25) is 0 Å². The fourth-order valence-electron chi connectivity index (χ4n) is 1.65. The van der Waals surface area contributed by atoms with Gasteiger partial charge in [-0.3, -0.25) is 4.79 Å². The second-order valence-electron chi connectivity index (χ2n) is 5.72. The van der Waals surface area contributed by atoms with Gasteiger partial charge in [0.25, 0.3) is 0 Å². The van der Waals surface area contributed by atoms with E-state index in [2.05, 4.69) is 15.4 Å². The number of benzene rings is 1. The molecule has 20 heavy (non-hydrogen) atoms. The molecule has 6 heteroatoms. The molecular formula is C14H19N5O. The van der Waals surface area contributed by atoms with Crippen LogP contribution in [0, 0.1) is 5.41 Å². The van der Waals surface area contributed by atoms with Gasteiger partial charge in [0.2, 0.25) is 5.91 Å². The van der Waals surface area contributed by atoms with Gasteiger partial charge >= 0.3 is 0 Å². The first-order chi connectivity index (χ1) is 9.38. The van der Waals surface area contributed by atoms with E-state index in [4.69, 9.17) is 5.73 Å². The van der Waals surface area contributed by atoms with Crippen molar-refractivity contribution in [3.8, 4) is 5.69 Å². The Morgan fingerprint density at radius 2 is 1.95 bits per heavy atom. The smallest absolute Gasteiger partial charge is 0.241 e. The van der Waals surface area contributed by atoms with Gasteiger partial charge in [-0.1, -0.05) is 20.8 Å². The summed E-state index contributed by atoms with van der Waals surface area (Å²) >= 11 is 0. The average Bonchev–Trinajstić information content (AvgIpc) is 2.91. The minimum atomic E-state index is -0.558. The molecule has 0 bridgehead atoms. The Labute approximate surface area is 118 Å². The van der Waals surface area contributed by atoms with Crippen LogP contribution < -0.4 is 11.1 Å². The van der Waals surface area contributed by atoms with Crippen LogP contribution in [0.3, 0.4) is 0 Å². The van der Waals surface area contributed by atoms with Gasteiger partial charge in [0, 0.05) is 5.69 Å². The lowest BCUT2D eigenvalue weighted by Crippen LogP contribution is -2.45. The molecule has 1 heterocycles. The topological polar surface area (TPSA) is 85.8 Å². The number of hydrogen-bond acceptors (Lipinski definition) is 4. The van der Waals surface area contributed by atoms with Crippen LogP contribution in [-0.2, 0) is 4.79 Å². The highest BCUT2D eigenvalue weighted by Crippen LogP contribution is 2.19. The van der Waals surface area contributed by atoms with Crippen LogP contribution in [0.1, 0.15) is 20.8 Å². The molecular weight excluding hydrogens is 254 g/mol. The molecule has 0 spiro atoms. The number of anilines is 1. The lowest BCUT2D eigenvalue weighted by atomic mass is 9.87. The molecule has 2 rings (SSSR count). The molecule has 0 aliphatic rings. The SMILES string of the molecule is CC(C)(C)[C@@H](N)C(=O)Nc1ccc(-n2cncn2)cc1.